The fourth-order valence-corrected chi connectivity index (χ4v) is 6.28. The molecule has 1 unspecified atom stereocenters. The van der Waals surface area contributed by atoms with Crippen LogP contribution >= 0.6 is 0 Å². The van der Waals surface area contributed by atoms with E-state index in [1.807, 2.05) is 30.0 Å². The maximum atomic E-state index is 13.1. The Morgan fingerprint density at radius 2 is 1.79 bits per heavy atom. The maximum Gasteiger partial charge on any atom is 0.293 e. The molecule has 0 N–H and O–H groups in total. The van der Waals surface area contributed by atoms with Crippen molar-refractivity contribution in [2.75, 3.05) is 50.7 Å². The molecular formula is C25H32N4O4S. The molecule has 2 aliphatic heterocycles. The number of nitrogens with zero attached hydrogens (tertiary/aromatic N) is 4. The standard InChI is InChI=1S/C25H32N4O4S/c1-21-7-5-14-28(20-21)34(32,33)23-11-12-24(25(19-23)29(30)31)27-17-15-26(16-18-27)13-6-10-22-8-3-2-4-9-22/h2-4,6,8-12,19,21H,5,7,13-18,20H2,1H3/b10-6+. The fraction of sp³-hybridized carbons (Fsp3) is 0.440. The molecule has 0 spiro atoms. The van der Waals surface area contributed by atoms with Crippen molar-refractivity contribution in [3.63, 3.8) is 0 Å². The van der Waals surface area contributed by atoms with Crippen molar-refractivity contribution in [1.82, 2.24) is 9.21 Å². The number of piperazine rings is 1. The molecule has 0 aliphatic carbocycles. The molecule has 2 saturated heterocycles. The Hall–Kier alpha value is -2.75. The van der Waals surface area contributed by atoms with Crippen LogP contribution in [0.2, 0.25) is 0 Å². The van der Waals surface area contributed by atoms with E-state index in [-0.39, 0.29) is 16.5 Å². The Labute approximate surface area is 201 Å². The molecular weight excluding hydrogens is 452 g/mol. The molecule has 0 saturated carbocycles. The van der Waals surface area contributed by atoms with E-state index in [1.54, 1.807) is 6.07 Å². The van der Waals surface area contributed by atoms with Crippen molar-refractivity contribution in [3.8, 4) is 0 Å². The minimum Gasteiger partial charge on any atom is -0.363 e. The average molecular weight is 485 g/mol. The van der Waals surface area contributed by atoms with Gasteiger partial charge in [0.15, 0.2) is 0 Å². The minimum absolute atomic E-state index is 0.00161. The van der Waals surface area contributed by atoms with E-state index in [0.717, 1.165) is 38.0 Å². The molecule has 1 atom stereocenters. The van der Waals surface area contributed by atoms with Crippen LogP contribution in [0.4, 0.5) is 11.4 Å². The fourth-order valence-electron chi connectivity index (χ4n) is 4.66. The van der Waals surface area contributed by atoms with Gasteiger partial charge in [0.2, 0.25) is 10.0 Å². The molecule has 2 heterocycles. The number of rotatable bonds is 7. The van der Waals surface area contributed by atoms with E-state index in [0.29, 0.717) is 31.9 Å². The van der Waals surface area contributed by atoms with Crippen LogP contribution in [0, 0.1) is 16.0 Å². The van der Waals surface area contributed by atoms with Crippen molar-refractivity contribution >= 4 is 27.5 Å². The third-order valence-electron chi connectivity index (χ3n) is 6.59. The van der Waals surface area contributed by atoms with Crippen molar-refractivity contribution in [3.05, 3.63) is 70.3 Å². The summed E-state index contributed by atoms with van der Waals surface area (Å²) in [6, 6.07) is 14.5. The highest BCUT2D eigenvalue weighted by Gasteiger charge is 2.31. The first kappa shape index (κ1) is 24.4. The number of anilines is 1. The number of piperidine rings is 1. The first-order chi connectivity index (χ1) is 16.3. The number of nitro benzene ring substituents is 1. The molecule has 2 aromatic carbocycles. The summed E-state index contributed by atoms with van der Waals surface area (Å²) in [5.41, 5.74) is 1.49. The van der Waals surface area contributed by atoms with Crippen molar-refractivity contribution < 1.29 is 13.3 Å². The van der Waals surface area contributed by atoms with E-state index in [2.05, 4.69) is 29.2 Å². The molecule has 2 fully saturated rings. The molecule has 4 rings (SSSR count). The highest BCUT2D eigenvalue weighted by atomic mass is 32.2. The SMILES string of the molecule is CC1CCCN(S(=O)(=O)c2ccc(N3CCN(C/C=C/c4ccccc4)CC3)c([N+](=O)[O-])c2)C1. The Kier molecular flexibility index (Phi) is 7.65. The van der Waals surface area contributed by atoms with E-state index in [4.69, 9.17) is 0 Å². The first-order valence-corrected chi connectivity index (χ1v) is 13.3. The molecule has 2 aliphatic rings. The number of hydrogen-bond acceptors (Lipinski definition) is 6. The normalized spacial score (nSPS) is 20.6. The predicted octanol–water partition coefficient (Wildman–Crippen LogP) is 3.85. The van der Waals surface area contributed by atoms with Gasteiger partial charge in [-0.3, -0.25) is 15.0 Å². The Morgan fingerprint density at radius 1 is 1.06 bits per heavy atom. The number of sulfonamides is 1. The van der Waals surface area contributed by atoms with Gasteiger partial charge in [-0.25, -0.2) is 8.42 Å². The monoisotopic (exact) mass is 484 g/mol. The number of benzene rings is 2. The lowest BCUT2D eigenvalue weighted by Crippen LogP contribution is -2.46. The van der Waals surface area contributed by atoms with E-state index >= 15 is 0 Å². The van der Waals surface area contributed by atoms with E-state index < -0.39 is 14.9 Å². The third-order valence-corrected chi connectivity index (χ3v) is 8.45. The second kappa shape index (κ2) is 10.7. The van der Waals surface area contributed by atoms with Crippen LogP contribution in [0.5, 0.6) is 0 Å². The highest BCUT2D eigenvalue weighted by molar-refractivity contribution is 7.89. The van der Waals surface area contributed by atoms with E-state index in [1.165, 1.54) is 16.4 Å². The summed E-state index contributed by atoms with van der Waals surface area (Å²) in [5, 5.41) is 11.9. The summed E-state index contributed by atoms with van der Waals surface area (Å²) in [4.78, 5) is 15.7. The van der Waals surface area contributed by atoms with Crippen molar-refractivity contribution in [2.24, 2.45) is 5.92 Å². The molecule has 0 radical (unpaired) electrons. The molecule has 0 aromatic heterocycles. The molecule has 34 heavy (non-hydrogen) atoms. The van der Waals surface area contributed by atoms with Gasteiger partial charge >= 0.3 is 0 Å². The summed E-state index contributed by atoms with van der Waals surface area (Å²) in [7, 11) is -3.75. The maximum absolute atomic E-state index is 13.1. The van der Waals surface area contributed by atoms with Crippen LogP contribution < -0.4 is 4.90 Å². The summed E-state index contributed by atoms with van der Waals surface area (Å²) in [6.45, 7) is 6.62. The zero-order valence-corrected chi connectivity index (χ0v) is 20.4. The van der Waals surface area contributed by atoms with Gasteiger partial charge in [-0.1, -0.05) is 49.4 Å². The van der Waals surface area contributed by atoms with Gasteiger partial charge in [0.25, 0.3) is 5.69 Å². The van der Waals surface area contributed by atoms with E-state index in [9.17, 15) is 18.5 Å². The molecule has 8 nitrogen and oxygen atoms in total. The average Bonchev–Trinajstić information content (AvgIpc) is 2.85. The van der Waals surface area contributed by atoms with Crippen LogP contribution in [0.3, 0.4) is 0 Å². The summed E-state index contributed by atoms with van der Waals surface area (Å²) >= 11 is 0. The molecule has 0 amide bonds. The van der Waals surface area contributed by atoms with Crippen LogP contribution in [0.15, 0.2) is 59.5 Å². The van der Waals surface area contributed by atoms with Gasteiger partial charge in [0.1, 0.15) is 5.69 Å². The quantitative estimate of drug-likeness (QED) is 0.438. The van der Waals surface area contributed by atoms with Crippen LogP contribution in [0.25, 0.3) is 6.08 Å². The lowest BCUT2D eigenvalue weighted by atomic mass is 10.0. The van der Waals surface area contributed by atoms with Gasteiger partial charge in [0, 0.05) is 51.9 Å². The van der Waals surface area contributed by atoms with Gasteiger partial charge in [-0.2, -0.15) is 4.31 Å². The predicted molar refractivity (Wildman–Crippen MR) is 134 cm³/mol. The zero-order valence-electron chi connectivity index (χ0n) is 19.5. The van der Waals surface area contributed by atoms with Crippen LogP contribution in [0.1, 0.15) is 25.3 Å². The summed E-state index contributed by atoms with van der Waals surface area (Å²) in [5.74, 6) is 0.289. The Bertz CT molecular complexity index is 1130. The minimum atomic E-state index is -3.75. The van der Waals surface area contributed by atoms with Gasteiger partial charge in [-0.15, -0.1) is 0 Å². The van der Waals surface area contributed by atoms with Gasteiger partial charge < -0.3 is 4.90 Å². The zero-order chi connectivity index (χ0) is 24.1. The summed E-state index contributed by atoms with van der Waals surface area (Å²) < 4.78 is 27.7. The topological polar surface area (TPSA) is 87.0 Å². The molecule has 2 aromatic rings. The number of hydrogen-bond donors (Lipinski definition) is 0. The third kappa shape index (κ3) is 5.65. The molecule has 9 heteroatoms. The second-order valence-corrected chi connectivity index (χ2v) is 11.1. The van der Waals surface area contributed by atoms with Gasteiger partial charge in [0.05, 0.1) is 9.82 Å². The van der Waals surface area contributed by atoms with Crippen LogP contribution in [-0.2, 0) is 10.0 Å². The van der Waals surface area contributed by atoms with Gasteiger partial charge in [-0.05, 0) is 36.5 Å². The Balaban J connectivity index is 1.43. The highest BCUT2D eigenvalue weighted by Crippen LogP contribution is 2.33. The van der Waals surface area contributed by atoms with Crippen LogP contribution in [-0.4, -0.2) is 68.4 Å². The molecule has 182 valence electrons. The largest absolute Gasteiger partial charge is 0.363 e. The molecule has 0 bridgehead atoms. The van der Waals surface area contributed by atoms with Crippen molar-refractivity contribution in [2.45, 2.75) is 24.7 Å². The lowest BCUT2D eigenvalue weighted by molar-refractivity contribution is -0.384. The van der Waals surface area contributed by atoms with Crippen molar-refractivity contribution in [1.29, 1.82) is 0 Å². The summed E-state index contributed by atoms with van der Waals surface area (Å²) in [6.07, 6.45) is 6.04. The number of nitro groups is 1. The smallest absolute Gasteiger partial charge is 0.293 e. The second-order valence-electron chi connectivity index (χ2n) is 9.12. The Morgan fingerprint density at radius 3 is 2.47 bits per heavy atom. The lowest BCUT2D eigenvalue weighted by Gasteiger charge is -2.35. The first-order valence-electron chi connectivity index (χ1n) is 11.8.